The van der Waals surface area contributed by atoms with Gasteiger partial charge in [-0.2, -0.15) is 0 Å². The molecule has 0 saturated carbocycles. The summed E-state index contributed by atoms with van der Waals surface area (Å²) in [6.07, 6.45) is 1.19. The minimum Gasteiger partial charge on any atom is -0.333 e. The first kappa shape index (κ1) is 14.2. The van der Waals surface area contributed by atoms with Crippen molar-refractivity contribution in [3.05, 3.63) is 108 Å². The Morgan fingerprint density at radius 3 is 1.61 bits per heavy atom. The lowest BCUT2D eigenvalue weighted by Gasteiger charge is -2.17. The molecule has 1 aliphatic rings. The van der Waals surface area contributed by atoms with Gasteiger partial charge < -0.3 is 5.32 Å². The van der Waals surface area contributed by atoms with Gasteiger partial charge >= 0.3 is 0 Å². The summed E-state index contributed by atoms with van der Waals surface area (Å²) < 4.78 is 0. The molecule has 2 N–H and O–H groups in total. The zero-order chi connectivity index (χ0) is 15.5. The summed E-state index contributed by atoms with van der Waals surface area (Å²) in [6, 6.07) is 33.9. The molecule has 114 valence electrons. The molecule has 1 aliphatic heterocycles. The highest BCUT2D eigenvalue weighted by Gasteiger charge is 2.40. The normalized spacial score (nSPS) is 23.7. The Kier molecular flexibility index (Phi) is 3.95. The van der Waals surface area contributed by atoms with E-state index in [4.69, 9.17) is 0 Å². The van der Waals surface area contributed by atoms with Crippen molar-refractivity contribution in [1.29, 1.82) is 0 Å². The maximum absolute atomic E-state index is 2.56. The smallest absolute Gasteiger partial charge is 0.119 e. The van der Waals surface area contributed by atoms with Crippen molar-refractivity contribution < 1.29 is 5.32 Å². The number of hydrogen-bond acceptors (Lipinski definition) is 0. The Bertz CT molecular complexity index is 689. The molecule has 3 atom stereocenters. The van der Waals surface area contributed by atoms with E-state index in [2.05, 4.69) is 96.3 Å². The standard InChI is InChI=1S/C22H21N/c1-4-10-17(11-5-1)20-16-21(18-12-6-2-7-13-18)23-22(20)19-14-8-3-9-15-19/h1-15,20-23H,16H2/p+1/t20-,21-,22-/m0/s1. The van der Waals surface area contributed by atoms with Crippen LogP contribution in [0.15, 0.2) is 91.0 Å². The van der Waals surface area contributed by atoms with Crippen LogP contribution in [-0.2, 0) is 0 Å². The molecule has 1 heteroatoms. The van der Waals surface area contributed by atoms with Crippen LogP contribution in [0.3, 0.4) is 0 Å². The molecule has 0 radical (unpaired) electrons. The van der Waals surface area contributed by atoms with Crippen LogP contribution in [0.4, 0.5) is 0 Å². The predicted molar refractivity (Wildman–Crippen MR) is 94.1 cm³/mol. The molecule has 3 aromatic rings. The van der Waals surface area contributed by atoms with Crippen LogP contribution in [0.25, 0.3) is 0 Å². The van der Waals surface area contributed by atoms with E-state index in [1.165, 1.54) is 23.1 Å². The molecular formula is C22H22N+. The third-order valence-corrected chi connectivity index (χ3v) is 5.02. The summed E-state index contributed by atoms with van der Waals surface area (Å²) >= 11 is 0. The Morgan fingerprint density at radius 2 is 1.04 bits per heavy atom. The first-order valence-electron chi connectivity index (χ1n) is 8.41. The molecule has 0 amide bonds. The molecular weight excluding hydrogens is 278 g/mol. The van der Waals surface area contributed by atoms with Gasteiger partial charge in [0.15, 0.2) is 0 Å². The SMILES string of the molecule is c1ccc([C@@H]2C[C@@H](c3ccccc3)[C@H](c3ccccc3)[NH2+]2)cc1. The molecule has 1 saturated heterocycles. The lowest BCUT2D eigenvalue weighted by molar-refractivity contribution is -0.715. The monoisotopic (exact) mass is 300 g/mol. The Labute approximate surface area is 138 Å². The highest BCUT2D eigenvalue weighted by molar-refractivity contribution is 5.29. The van der Waals surface area contributed by atoms with Gasteiger partial charge in [0.2, 0.25) is 0 Å². The average molecular weight is 300 g/mol. The molecule has 1 fully saturated rings. The van der Waals surface area contributed by atoms with E-state index >= 15 is 0 Å². The topological polar surface area (TPSA) is 16.6 Å². The van der Waals surface area contributed by atoms with Crippen molar-refractivity contribution in [1.82, 2.24) is 0 Å². The van der Waals surface area contributed by atoms with Crippen molar-refractivity contribution in [3.8, 4) is 0 Å². The zero-order valence-corrected chi connectivity index (χ0v) is 13.2. The van der Waals surface area contributed by atoms with Crippen molar-refractivity contribution in [2.45, 2.75) is 24.4 Å². The lowest BCUT2D eigenvalue weighted by Crippen LogP contribution is -2.83. The summed E-state index contributed by atoms with van der Waals surface area (Å²) in [5, 5.41) is 2.56. The number of hydrogen-bond donors (Lipinski definition) is 1. The van der Waals surface area contributed by atoms with Crippen LogP contribution in [0.2, 0.25) is 0 Å². The van der Waals surface area contributed by atoms with E-state index in [-0.39, 0.29) is 0 Å². The summed E-state index contributed by atoms with van der Waals surface area (Å²) in [5.41, 5.74) is 4.32. The summed E-state index contributed by atoms with van der Waals surface area (Å²) in [4.78, 5) is 0. The van der Waals surface area contributed by atoms with Gasteiger partial charge in [0.25, 0.3) is 0 Å². The van der Waals surface area contributed by atoms with Gasteiger partial charge in [-0.1, -0.05) is 91.0 Å². The van der Waals surface area contributed by atoms with Gasteiger partial charge in [0, 0.05) is 23.5 Å². The van der Waals surface area contributed by atoms with E-state index < -0.39 is 0 Å². The highest BCUT2D eigenvalue weighted by atomic mass is 15.0. The van der Waals surface area contributed by atoms with Crippen LogP contribution in [0, 0.1) is 0 Å². The van der Waals surface area contributed by atoms with Crippen LogP contribution in [0.5, 0.6) is 0 Å². The fourth-order valence-electron chi connectivity index (χ4n) is 3.89. The number of rotatable bonds is 3. The van der Waals surface area contributed by atoms with Crippen molar-refractivity contribution >= 4 is 0 Å². The van der Waals surface area contributed by atoms with Gasteiger partial charge in [-0.3, -0.25) is 0 Å². The Balaban J connectivity index is 1.70. The molecule has 3 aromatic carbocycles. The van der Waals surface area contributed by atoms with Crippen molar-refractivity contribution in [3.63, 3.8) is 0 Å². The predicted octanol–water partition coefficient (Wildman–Crippen LogP) is 4.22. The third-order valence-electron chi connectivity index (χ3n) is 5.02. The first-order valence-corrected chi connectivity index (χ1v) is 8.41. The maximum Gasteiger partial charge on any atom is 0.119 e. The van der Waals surface area contributed by atoms with Crippen LogP contribution in [0.1, 0.15) is 41.1 Å². The average Bonchev–Trinajstić information content (AvgIpc) is 3.09. The van der Waals surface area contributed by atoms with E-state index in [0.717, 1.165) is 0 Å². The molecule has 4 rings (SSSR count). The van der Waals surface area contributed by atoms with Gasteiger partial charge in [-0.05, 0) is 5.56 Å². The van der Waals surface area contributed by atoms with Crippen molar-refractivity contribution in [2.75, 3.05) is 0 Å². The molecule has 0 aliphatic carbocycles. The van der Waals surface area contributed by atoms with Gasteiger partial charge in [0.1, 0.15) is 12.1 Å². The fourth-order valence-corrected chi connectivity index (χ4v) is 3.89. The molecule has 0 aromatic heterocycles. The van der Waals surface area contributed by atoms with Gasteiger partial charge in [-0.25, -0.2) is 0 Å². The second-order valence-corrected chi connectivity index (χ2v) is 6.40. The fraction of sp³-hybridized carbons (Fsp3) is 0.182. The minimum atomic E-state index is 0.490. The molecule has 1 nitrogen and oxygen atoms in total. The number of quaternary nitrogens is 1. The largest absolute Gasteiger partial charge is 0.333 e. The van der Waals surface area contributed by atoms with Crippen molar-refractivity contribution in [2.24, 2.45) is 0 Å². The summed E-state index contributed by atoms with van der Waals surface area (Å²) in [7, 11) is 0. The number of benzene rings is 3. The molecule has 0 bridgehead atoms. The van der Waals surface area contributed by atoms with E-state index in [1.54, 1.807) is 0 Å². The maximum atomic E-state index is 2.56. The van der Waals surface area contributed by atoms with Crippen LogP contribution < -0.4 is 5.32 Å². The van der Waals surface area contributed by atoms with Gasteiger partial charge in [-0.15, -0.1) is 0 Å². The molecule has 1 heterocycles. The first-order chi connectivity index (χ1) is 11.4. The molecule has 0 unspecified atom stereocenters. The van der Waals surface area contributed by atoms with Gasteiger partial charge in [0.05, 0.1) is 0 Å². The van der Waals surface area contributed by atoms with E-state index in [9.17, 15) is 0 Å². The quantitative estimate of drug-likeness (QED) is 0.746. The van der Waals surface area contributed by atoms with E-state index in [0.29, 0.717) is 18.0 Å². The Morgan fingerprint density at radius 1 is 0.565 bits per heavy atom. The second-order valence-electron chi connectivity index (χ2n) is 6.40. The highest BCUT2D eigenvalue weighted by Crippen LogP contribution is 2.39. The third kappa shape index (κ3) is 2.93. The second kappa shape index (κ2) is 6.39. The molecule has 23 heavy (non-hydrogen) atoms. The van der Waals surface area contributed by atoms with Crippen LogP contribution in [-0.4, -0.2) is 0 Å². The summed E-state index contributed by atoms with van der Waals surface area (Å²) in [5.74, 6) is 0.559. The zero-order valence-electron chi connectivity index (χ0n) is 13.2. The van der Waals surface area contributed by atoms with E-state index in [1.807, 2.05) is 0 Å². The molecule has 0 spiro atoms. The number of nitrogens with two attached hydrogens (primary N) is 1. The lowest BCUT2D eigenvalue weighted by atomic mass is 9.86. The summed E-state index contributed by atoms with van der Waals surface area (Å²) in [6.45, 7) is 0. The Hall–Kier alpha value is -2.38. The minimum absolute atomic E-state index is 0.490. The van der Waals surface area contributed by atoms with Crippen LogP contribution >= 0.6 is 0 Å².